The quantitative estimate of drug-likeness (QED) is 0.400. The number of pyridine rings is 1. The molecule has 1 aromatic heterocycles. The first kappa shape index (κ1) is 25.8. The lowest BCUT2D eigenvalue weighted by atomic mass is 10.1. The maximum atomic E-state index is 12.9. The SMILES string of the molecule is COc1ccc(OC)c(S(=O)(=O)Nc2ccc(Oc3ncccc3C(=O)NCCC(C)C)cc2)c1. The minimum Gasteiger partial charge on any atom is -0.497 e. The van der Waals surface area contributed by atoms with Crippen LogP contribution in [0.15, 0.2) is 65.7 Å². The third kappa shape index (κ3) is 6.86. The topological polar surface area (TPSA) is 116 Å². The van der Waals surface area contributed by atoms with Crippen LogP contribution in [-0.2, 0) is 10.0 Å². The summed E-state index contributed by atoms with van der Waals surface area (Å²) in [4.78, 5) is 16.7. The number of carbonyl (C=O) groups is 1. The zero-order chi connectivity index (χ0) is 25.4. The van der Waals surface area contributed by atoms with Gasteiger partial charge in [-0.2, -0.15) is 0 Å². The molecule has 0 aliphatic carbocycles. The Hall–Kier alpha value is -3.79. The van der Waals surface area contributed by atoms with Crippen molar-refractivity contribution in [3.63, 3.8) is 0 Å². The molecule has 0 saturated carbocycles. The van der Waals surface area contributed by atoms with Crippen molar-refractivity contribution in [2.45, 2.75) is 25.2 Å². The molecule has 186 valence electrons. The molecule has 0 unspecified atom stereocenters. The Balaban J connectivity index is 1.74. The second-order valence-electron chi connectivity index (χ2n) is 8.04. The molecule has 9 nitrogen and oxygen atoms in total. The summed E-state index contributed by atoms with van der Waals surface area (Å²) in [7, 11) is -1.11. The Bertz CT molecular complexity index is 1260. The van der Waals surface area contributed by atoms with Crippen molar-refractivity contribution in [3.8, 4) is 23.1 Å². The number of methoxy groups -OCH3 is 2. The summed E-state index contributed by atoms with van der Waals surface area (Å²) < 4.78 is 44.5. The van der Waals surface area contributed by atoms with Gasteiger partial charge in [-0.05, 0) is 60.9 Å². The third-order valence-corrected chi connectivity index (χ3v) is 6.41. The van der Waals surface area contributed by atoms with Crippen LogP contribution in [0.25, 0.3) is 0 Å². The predicted molar refractivity (Wildman–Crippen MR) is 133 cm³/mol. The predicted octanol–water partition coefficient (Wildman–Crippen LogP) is 4.47. The van der Waals surface area contributed by atoms with Gasteiger partial charge in [-0.1, -0.05) is 13.8 Å². The first-order chi connectivity index (χ1) is 16.7. The van der Waals surface area contributed by atoms with Crippen molar-refractivity contribution in [2.24, 2.45) is 5.92 Å². The number of nitrogens with one attached hydrogen (secondary N) is 2. The molecule has 35 heavy (non-hydrogen) atoms. The van der Waals surface area contributed by atoms with Crippen LogP contribution in [0.4, 0.5) is 5.69 Å². The van der Waals surface area contributed by atoms with E-state index < -0.39 is 10.0 Å². The summed E-state index contributed by atoms with van der Waals surface area (Å²) in [5.74, 6) is 1.32. The number of hydrogen-bond acceptors (Lipinski definition) is 7. The van der Waals surface area contributed by atoms with E-state index >= 15 is 0 Å². The highest BCUT2D eigenvalue weighted by Crippen LogP contribution is 2.30. The first-order valence-corrected chi connectivity index (χ1v) is 12.5. The number of sulfonamides is 1. The van der Waals surface area contributed by atoms with Gasteiger partial charge in [-0.3, -0.25) is 9.52 Å². The molecule has 1 amide bonds. The molecule has 10 heteroatoms. The number of aromatic nitrogens is 1. The summed E-state index contributed by atoms with van der Waals surface area (Å²) in [5.41, 5.74) is 0.626. The molecular weight excluding hydrogens is 470 g/mol. The molecule has 0 saturated heterocycles. The molecule has 3 rings (SSSR count). The molecule has 2 N–H and O–H groups in total. The lowest BCUT2D eigenvalue weighted by Crippen LogP contribution is -2.25. The number of hydrogen-bond donors (Lipinski definition) is 2. The second kappa shape index (κ2) is 11.6. The lowest BCUT2D eigenvalue weighted by Gasteiger charge is -2.14. The number of rotatable bonds is 11. The van der Waals surface area contributed by atoms with Crippen molar-refractivity contribution in [1.29, 1.82) is 0 Å². The summed E-state index contributed by atoms with van der Waals surface area (Å²) in [6, 6.07) is 14.1. The zero-order valence-electron chi connectivity index (χ0n) is 20.1. The average molecular weight is 500 g/mol. The Kier molecular flexibility index (Phi) is 8.53. The van der Waals surface area contributed by atoms with E-state index in [1.807, 2.05) is 0 Å². The van der Waals surface area contributed by atoms with Gasteiger partial charge >= 0.3 is 0 Å². The van der Waals surface area contributed by atoms with E-state index in [1.165, 1.54) is 32.5 Å². The van der Waals surface area contributed by atoms with Crippen molar-refractivity contribution in [2.75, 3.05) is 25.5 Å². The Morgan fingerprint density at radius 1 is 1.00 bits per heavy atom. The Labute approximate surface area is 205 Å². The van der Waals surface area contributed by atoms with Gasteiger partial charge in [-0.25, -0.2) is 13.4 Å². The molecule has 0 radical (unpaired) electrons. The van der Waals surface area contributed by atoms with Crippen molar-refractivity contribution in [1.82, 2.24) is 10.3 Å². The maximum Gasteiger partial charge on any atom is 0.265 e. The van der Waals surface area contributed by atoms with E-state index in [-0.39, 0.29) is 22.4 Å². The van der Waals surface area contributed by atoms with E-state index in [0.717, 1.165) is 6.42 Å². The van der Waals surface area contributed by atoms with E-state index in [4.69, 9.17) is 14.2 Å². The Morgan fingerprint density at radius 3 is 2.37 bits per heavy atom. The summed E-state index contributed by atoms with van der Waals surface area (Å²) in [5, 5.41) is 2.87. The van der Waals surface area contributed by atoms with Crippen LogP contribution >= 0.6 is 0 Å². The molecular formula is C25H29N3O6S. The smallest absolute Gasteiger partial charge is 0.265 e. The molecule has 0 bridgehead atoms. The second-order valence-corrected chi connectivity index (χ2v) is 9.69. The summed E-state index contributed by atoms with van der Waals surface area (Å²) in [6.07, 6.45) is 2.39. The average Bonchev–Trinajstić information content (AvgIpc) is 2.84. The summed E-state index contributed by atoms with van der Waals surface area (Å²) >= 11 is 0. The van der Waals surface area contributed by atoms with Crippen LogP contribution in [-0.4, -0.2) is 40.1 Å². The maximum absolute atomic E-state index is 12.9. The van der Waals surface area contributed by atoms with E-state index in [1.54, 1.807) is 42.5 Å². The molecule has 0 spiro atoms. The molecule has 0 fully saturated rings. The van der Waals surface area contributed by atoms with Gasteiger partial charge in [0.25, 0.3) is 15.9 Å². The third-order valence-electron chi connectivity index (χ3n) is 5.00. The van der Waals surface area contributed by atoms with Gasteiger partial charge in [-0.15, -0.1) is 0 Å². The number of nitrogens with zero attached hydrogens (tertiary/aromatic N) is 1. The fourth-order valence-corrected chi connectivity index (χ4v) is 4.37. The summed E-state index contributed by atoms with van der Waals surface area (Å²) in [6.45, 7) is 4.72. The number of anilines is 1. The standard InChI is InChI=1S/C25H29N3O6S/c1-17(2)13-15-26-24(29)21-6-5-14-27-25(21)34-19-9-7-18(8-10-19)28-35(30,31)23-16-20(32-3)11-12-22(23)33-4/h5-12,14,16-17,28H,13,15H2,1-4H3,(H,26,29). The number of ether oxygens (including phenoxy) is 3. The van der Waals surface area contributed by atoms with Crippen molar-refractivity contribution >= 4 is 21.6 Å². The van der Waals surface area contributed by atoms with E-state index in [0.29, 0.717) is 35.2 Å². The van der Waals surface area contributed by atoms with Crippen LogP contribution in [0.3, 0.4) is 0 Å². The monoisotopic (exact) mass is 499 g/mol. The van der Waals surface area contributed by atoms with Crippen molar-refractivity contribution < 1.29 is 27.4 Å². The zero-order valence-corrected chi connectivity index (χ0v) is 20.9. The first-order valence-electron chi connectivity index (χ1n) is 11.0. The van der Waals surface area contributed by atoms with Gasteiger partial charge < -0.3 is 19.5 Å². The highest BCUT2D eigenvalue weighted by molar-refractivity contribution is 7.92. The normalized spacial score (nSPS) is 11.1. The van der Waals surface area contributed by atoms with Crippen LogP contribution in [0.2, 0.25) is 0 Å². The van der Waals surface area contributed by atoms with Gasteiger partial charge in [0.2, 0.25) is 5.88 Å². The van der Waals surface area contributed by atoms with Gasteiger partial charge in [0.1, 0.15) is 27.7 Å². The molecule has 0 aliphatic rings. The van der Waals surface area contributed by atoms with Crippen LogP contribution < -0.4 is 24.2 Å². The minimum atomic E-state index is -3.95. The fraction of sp³-hybridized carbons (Fsp3) is 0.280. The molecule has 0 aliphatic heterocycles. The van der Waals surface area contributed by atoms with Crippen LogP contribution in [0, 0.1) is 5.92 Å². The Morgan fingerprint density at radius 2 is 1.71 bits per heavy atom. The highest BCUT2D eigenvalue weighted by Gasteiger charge is 2.21. The number of benzene rings is 2. The van der Waals surface area contributed by atoms with Gasteiger partial charge in [0.05, 0.1) is 14.2 Å². The largest absolute Gasteiger partial charge is 0.497 e. The molecule has 0 atom stereocenters. The van der Waals surface area contributed by atoms with Gasteiger partial charge in [0, 0.05) is 24.5 Å². The van der Waals surface area contributed by atoms with Crippen LogP contribution in [0.1, 0.15) is 30.6 Å². The molecule has 3 aromatic rings. The number of amides is 1. The van der Waals surface area contributed by atoms with Crippen LogP contribution in [0.5, 0.6) is 23.1 Å². The number of carbonyl (C=O) groups excluding carboxylic acids is 1. The highest BCUT2D eigenvalue weighted by atomic mass is 32.2. The van der Waals surface area contributed by atoms with Crippen molar-refractivity contribution in [3.05, 3.63) is 66.4 Å². The van der Waals surface area contributed by atoms with E-state index in [9.17, 15) is 13.2 Å². The molecule has 2 aromatic carbocycles. The fourth-order valence-electron chi connectivity index (χ4n) is 3.12. The lowest BCUT2D eigenvalue weighted by molar-refractivity contribution is 0.0949. The minimum absolute atomic E-state index is 0.0544. The van der Waals surface area contributed by atoms with E-state index in [2.05, 4.69) is 28.9 Å². The van der Waals surface area contributed by atoms with Gasteiger partial charge in [0.15, 0.2) is 0 Å². The molecule has 1 heterocycles.